The van der Waals surface area contributed by atoms with E-state index in [1.165, 1.54) is 28.6 Å². The second-order valence-corrected chi connectivity index (χ2v) is 8.35. The molecule has 0 spiro atoms. The van der Waals surface area contributed by atoms with Crippen LogP contribution in [0.15, 0.2) is 29.2 Å². The number of halogens is 1. The molecule has 1 saturated heterocycles. The minimum absolute atomic E-state index is 0. The molecule has 158 valence electrons. The second kappa shape index (κ2) is 11.4. The summed E-state index contributed by atoms with van der Waals surface area (Å²) < 4.78 is 26.5. The van der Waals surface area contributed by atoms with Crippen molar-refractivity contribution in [2.24, 2.45) is 0 Å². The van der Waals surface area contributed by atoms with Gasteiger partial charge in [0, 0.05) is 31.2 Å². The van der Waals surface area contributed by atoms with Gasteiger partial charge in [-0.2, -0.15) is 4.31 Å². The van der Waals surface area contributed by atoms with Crippen molar-refractivity contribution in [3.8, 4) is 0 Å². The zero-order valence-electron chi connectivity index (χ0n) is 16.2. The van der Waals surface area contributed by atoms with Gasteiger partial charge in [0.25, 0.3) is 5.91 Å². The molecule has 1 aliphatic heterocycles. The van der Waals surface area contributed by atoms with E-state index < -0.39 is 15.9 Å². The average Bonchev–Trinajstić information content (AvgIpc) is 2.67. The van der Waals surface area contributed by atoms with Gasteiger partial charge in [-0.05, 0) is 37.6 Å². The van der Waals surface area contributed by atoms with E-state index in [0.29, 0.717) is 13.1 Å². The summed E-state index contributed by atoms with van der Waals surface area (Å²) in [5.41, 5.74) is 0.204. The van der Waals surface area contributed by atoms with Crippen molar-refractivity contribution in [3.05, 3.63) is 29.8 Å². The number of benzene rings is 1. The lowest BCUT2D eigenvalue weighted by Crippen LogP contribution is -2.48. The van der Waals surface area contributed by atoms with E-state index in [-0.39, 0.29) is 41.4 Å². The van der Waals surface area contributed by atoms with Gasteiger partial charge < -0.3 is 16.0 Å². The summed E-state index contributed by atoms with van der Waals surface area (Å²) in [7, 11) is -3.64. The summed E-state index contributed by atoms with van der Waals surface area (Å²) in [4.78, 5) is 24.4. The van der Waals surface area contributed by atoms with Crippen LogP contribution in [-0.4, -0.2) is 63.3 Å². The number of hydrogen-bond acceptors (Lipinski definition) is 5. The van der Waals surface area contributed by atoms with Gasteiger partial charge in [0.05, 0.1) is 11.4 Å². The molecule has 1 heterocycles. The molecule has 0 unspecified atom stereocenters. The summed E-state index contributed by atoms with van der Waals surface area (Å²) >= 11 is 0. The standard InChI is InChI=1S/C18H28N4O4S.ClH/c1-3-22(4-2)27(25,26)16-9-5-7-14(11-16)18(24)20-13-17(23)21-15-8-6-10-19-12-15;/h5,7,9,11,15,19H,3-4,6,8,10,12-13H2,1-2H3,(H,20,24)(H,21,23);1H/t15-;/m0./s1. The molecule has 0 bridgehead atoms. The highest BCUT2D eigenvalue weighted by atomic mass is 35.5. The van der Waals surface area contributed by atoms with Gasteiger partial charge in [0.1, 0.15) is 0 Å². The third-order valence-corrected chi connectivity index (χ3v) is 6.56. The molecular weight excluding hydrogens is 404 g/mol. The number of hydrogen-bond donors (Lipinski definition) is 3. The van der Waals surface area contributed by atoms with Crippen LogP contribution in [0.25, 0.3) is 0 Å². The third-order valence-electron chi connectivity index (χ3n) is 4.51. The summed E-state index contributed by atoms with van der Waals surface area (Å²) in [5.74, 6) is -0.743. The highest BCUT2D eigenvalue weighted by Crippen LogP contribution is 2.17. The topological polar surface area (TPSA) is 108 Å². The second-order valence-electron chi connectivity index (χ2n) is 6.41. The van der Waals surface area contributed by atoms with Crippen molar-refractivity contribution < 1.29 is 18.0 Å². The van der Waals surface area contributed by atoms with Crippen molar-refractivity contribution in [2.75, 3.05) is 32.7 Å². The Morgan fingerprint density at radius 3 is 2.57 bits per heavy atom. The monoisotopic (exact) mass is 432 g/mol. The maximum Gasteiger partial charge on any atom is 0.251 e. The average molecular weight is 433 g/mol. The molecule has 2 amide bonds. The van der Waals surface area contributed by atoms with Gasteiger partial charge >= 0.3 is 0 Å². The van der Waals surface area contributed by atoms with Crippen LogP contribution in [0, 0.1) is 0 Å². The number of nitrogens with zero attached hydrogens (tertiary/aromatic N) is 1. The van der Waals surface area contributed by atoms with E-state index in [1.54, 1.807) is 13.8 Å². The number of carbonyl (C=O) groups excluding carboxylic acids is 2. The number of carbonyl (C=O) groups is 2. The smallest absolute Gasteiger partial charge is 0.251 e. The largest absolute Gasteiger partial charge is 0.351 e. The predicted octanol–water partition coefficient (Wildman–Crippen LogP) is 0.737. The van der Waals surface area contributed by atoms with Crippen molar-refractivity contribution in [1.82, 2.24) is 20.3 Å². The van der Waals surface area contributed by atoms with Crippen LogP contribution in [0.3, 0.4) is 0 Å². The van der Waals surface area contributed by atoms with Gasteiger partial charge in [-0.3, -0.25) is 9.59 Å². The van der Waals surface area contributed by atoms with E-state index >= 15 is 0 Å². The molecule has 1 aromatic carbocycles. The minimum Gasteiger partial charge on any atom is -0.351 e. The van der Waals surface area contributed by atoms with Crippen LogP contribution in [0.1, 0.15) is 37.0 Å². The minimum atomic E-state index is -3.64. The maximum atomic E-state index is 12.6. The van der Waals surface area contributed by atoms with E-state index in [9.17, 15) is 18.0 Å². The van der Waals surface area contributed by atoms with E-state index in [4.69, 9.17) is 0 Å². The number of nitrogens with one attached hydrogen (secondary N) is 3. The van der Waals surface area contributed by atoms with E-state index in [0.717, 1.165) is 25.9 Å². The van der Waals surface area contributed by atoms with Crippen LogP contribution in [0.5, 0.6) is 0 Å². The quantitative estimate of drug-likeness (QED) is 0.561. The lowest BCUT2D eigenvalue weighted by Gasteiger charge is -2.23. The van der Waals surface area contributed by atoms with Crippen LogP contribution in [0.4, 0.5) is 0 Å². The zero-order chi connectivity index (χ0) is 19.9. The first kappa shape index (κ1) is 24.4. The summed E-state index contributed by atoms with van der Waals surface area (Å²) in [6, 6.07) is 5.93. The van der Waals surface area contributed by atoms with E-state index in [1.807, 2.05) is 0 Å². The Labute approximate surface area is 172 Å². The molecule has 28 heavy (non-hydrogen) atoms. The van der Waals surface area contributed by atoms with E-state index in [2.05, 4.69) is 16.0 Å². The SMILES string of the molecule is CCN(CC)S(=O)(=O)c1cccc(C(=O)NCC(=O)N[C@H]2CCCNC2)c1.Cl. The zero-order valence-corrected chi connectivity index (χ0v) is 17.9. The molecule has 3 N–H and O–H groups in total. The highest BCUT2D eigenvalue weighted by Gasteiger charge is 2.22. The van der Waals surface area contributed by atoms with Crippen LogP contribution in [0.2, 0.25) is 0 Å². The van der Waals surface area contributed by atoms with Gasteiger partial charge in [0.15, 0.2) is 0 Å². The Morgan fingerprint density at radius 1 is 1.25 bits per heavy atom. The van der Waals surface area contributed by atoms with Gasteiger partial charge in [-0.1, -0.05) is 19.9 Å². The Hall–Kier alpha value is -1.68. The van der Waals surface area contributed by atoms with Crippen LogP contribution in [-0.2, 0) is 14.8 Å². The Balaban J connectivity index is 0.00000392. The van der Waals surface area contributed by atoms with Gasteiger partial charge in [0.2, 0.25) is 15.9 Å². The fourth-order valence-electron chi connectivity index (χ4n) is 3.03. The molecule has 1 fully saturated rings. The summed E-state index contributed by atoms with van der Waals surface area (Å²) in [5, 5.41) is 8.62. The lowest BCUT2D eigenvalue weighted by molar-refractivity contribution is -0.120. The first-order valence-electron chi connectivity index (χ1n) is 9.27. The molecule has 1 aliphatic rings. The Morgan fingerprint density at radius 2 is 1.96 bits per heavy atom. The first-order chi connectivity index (χ1) is 12.9. The number of amides is 2. The molecule has 0 aliphatic carbocycles. The molecule has 1 aromatic rings. The highest BCUT2D eigenvalue weighted by molar-refractivity contribution is 7.89. The van der Waals surface area contributed by atoms with Crippen LogP contribution >= 0.6 is 12.4 Å². The molecule has 10 heteroatoms. The maximum absolute atomic E-state index is 12.6. The number of piperidine rings is 1. The van der Waals surface area contributed by atoms with Gasteiger partial charge in [-0.25, -0.2) is 8.42 Å². The Kier molecular flexibility index (Phi) is 9.88. The third kappa shape index (κ3) is 6.44. The fraction of sp³-hybridized carbons (Fsp3) is 0.556. The van der Waals surface area contributed by atoms with Gasteiger partial charge in [-0.15, -0.1) is 12.4 Å². The molecule has 0 radical (unpaired) electrons. The molecule has 0 aromatic heterocycles. The predicted molar refractivity (Wildman–Crippen MR) is 110 cm³/mol. The number of rotatable bonds is 8. The summed E-state index contributed by atoms with van der Waals surface area (Å²) in [6.07, 6.45) is 1.92. The Bertz CT molecular complexity index is 763. The fourth-order valence-corrected chi connectivity index (χ4v) is 4.53. The van der Waals surface area contributed by atoms with Crippen molar-refractivity contribution >= 4 is 34.2 Å². The molecule has 1 atom stereocenters. The number of sulfonamides is 1. The van der Waals surface area contributed by atoms with Crippen molar-refractivity contribution in [1.29, 1.82) is 0 Å². The molecule has 2 rings (SSSR count). The van der Waals surface area contributed by atoms with Crippen molar-refractivity contribution in [3.63, 3.8) is 0 Å². The normalized spacial score (nSPS) is 16.9. The first-order valence-corrected chi connectivity index (χ1v) is 10.7. The molecule has 8 nitrogen and oxygen atoms in total. The van der Waals surface area contributed by atoms with Crippen molar-refractivity contribution in [2.45, 2.75) is 37.6 Å². The summed E-state index contributed by atoms with van der Waals surface area (Å²) in [6.45, 7) is 5.76. The molecular formula is C18H29ClN4O4S. The van der Waals surface area contributed by atoms with Crippen LogP contribution < -0.4 is 16.0 Å². The lowest BCUT2D eigenvalue weighted by atomic mass is 10.1. The molecule has 0 saturated carbocycles.